The van der Waals surface area contributed by atoms with E-state index in [0.717, 1.165) is 0 Å². The molecule has 8 amide bonds. The molecule has 0 aliphatic carbocycles. The summed E-state index contributed by atoms with van der Waals surface area (Å²) in [6.07, 6.45) is -2.55. The van der Waals surface area contributed by atoms with Gasteiger partial charge in [-0.25, -0.2) is 4.79 Å². The van der Waals surface area contributed by atoms with E-state index < -0.39 is 158 Å². The zero-order valence-corrected chi connectivity index (χ0v) is 41.3. The van der Waals surface area contributed by atoms with E-state index in [4.69, 9.17) is 10.8 Å². The van der Waals surface area contributed by atoms with E-state index in [1.165, 1.54) is 31.2 Å². The zero-order valence-electron chi connectivity index (χ0n) is 41.3. The summed E-state index contributed by atoms with van der Waals surface area (Å²) >= 11 is 0. The van der Waals surface area contributed by atoms with Gasteiger partial charge in [0.05, 0.1) is 31.5 Å². The number of hydrogen-bond acceptors (Lipinski definition) is 14. The fraction of sp³-hybridized carbons (Fsp3) is 0.630. The zero-order chi connectivity index (χ0) is 54.2. The van der Waals surface area contributed by atoms with Crippen molar-refractivity contribution in [2.24, 2.45) is 23.5 Å². The van der Waals surface area contributed by atoms with Crippen LogP contribution in [0.2, 0.25) is 0 Å². The van der Waals surface area contributed by atoms with Crippen LogP contribution in [0.5, 0.6) is 5.75 Å². The molecule has 1 rings (SSSR count). The molecule has 25 heteroatoms. The van der Waals surface area contributed by atoms with E-state index in [1.807, 2.05) is 0 Å². The number of amides is 8. The number of carbonyl (C=O) groups excluding carboxylic acids is 8. The normalized spacial score (nSPS) is 14.5. The van der Waals surface area contributed by atoms with Gasteiger partial charge in [-0.1, -0.05) is 53.7 Å². The predicted octanol–water partition coefficient (Wildman–Crippen LogP) is -1.87. The number of aliphatic carboxylic acids is 3. The number of hydrogen-bond donors (Lipinski definition) is 14. The van der Waals surface area contributed by atoms with Crippen molar-refractivity contribution < 1.29 is 78.3 Å². The average Bonchev–Trinajstić information content (AvgIpc) is 3.25. The minimum atomic E-state index is -1.84. The highest BCUT2D eigenvalue weighted by Gasteiger charge is 2.34. The van der Waals surface area contributed by atoms with Crippen LogP contribution in [0.4, 0.5) is 0 Å². The lowest BCUT2D eigenvalue weighted by molar-refractivity contribution is -0.144. The van der Waals surface area contributed by atoms with Gasteiger partial charge in [0, 0.05) is 19.4 Å². The third-order valence-corrected chi connectivity index (χ3v) is 10.7. The first-order chi connectivity index (χ1) is 33.0. The molecular weight excluding hydrogens is 935 g/mol. The molecular formula is C46H73N9O16. The van der Waals surface area contributed by atoms with Crippen LogP contribution in [-0.2, 0) is 59.2 Å². The second kappa shape index (κ2) is 30.7. The summed E-state index contributed by atoms with van der Waals surface area (Å²) in [7, 11) is 0. The van der Waals surface area contributed by atoms with Gasteiger partial charge in [0.1, 0.15) is 42.0 Å². The van der Waals surface area contributed by atoms with Gasteiger partial charge < -0.3 is 73.8 Å². The number of unbranched alkanes of at least 4 members (excludes halogenated alkanes) is 1. The van der Waals surface area contributed by atoms with E-state index in [9.17, 15) is 73.2 Å². The molecule has 0 aromatic heterocycles. The monoisotopic (exact) mass is 1010 g/mol. The molecule has 0 radical (unpaired) electrons. The third-order valence-electron chi connectivity index (χ3n) is 10.7. The molecule has 0 saturated carbocycles. The Morgan fingerprint density at radius 3 is 1.61 bits per heavy atom. The molecule has 71 heavy (non-hydrogen) atoms. The Morgan fingerprint density at radius 2 is 1.10 bits per heavy atom. The number of rotatable bonds is 33. The summed E-state index contributed by atoms with van der Waals surface area (Å²) in [5, 5.41) is 68.1. The fourth-order valence-corrected chi connectivity index (χ4v) is 6.96. The van der Waals surface area contributed by atoms with Crippen molar-refractivity contribution in [2.45, 2.75) is 148 Å². The fourth-order valence-electron chi connectivity index (χ4n) is 6.96. The van der Waals surface area contributed by atoms with E-state index >= 15 is 0 Å². The van der Waals surface area contributed by atoms with Crippen LogP contribution in [0.3, 0.4) is 0 Å². The van der Waals surface area contributed by atoms with Crippen molar-refractivity contribution in [2.75, 3.05) is 19.6 Å². The number of carboxylic acids is 3. The largest absolute Gasteiger partial charge is 0.508 e. The van der Waals surface area contributed by atoms with E-state index in [2.05, 4.69) is 42.5 Å². The maximum Gasteiger partial charge on any atom is 0.326 e. The second-order valence-electron chi connectivity index (χ2n) is 18.6. The predicted molar refractivity (Wildman–Crippen MR) is 253 cm³/mol. The maximum atomic E-state index is 14.2. The van der Waals surface area contributed by atoms with Crippen molar-refractivity contribution in [3.63, 3.8) is 0 Å². The van der Waals surface area contributed by atoms with Gasteiger partial charge in [0.25, 0.3) is 0 Å². The topological polar surface area (TPSA) is 411 Å². The first-order valence-electron chi connectivity index (χ1n) is 23.3. The summed E-state index contributed by atoms with van der Waals surface area (Å²) < 4.78 is 0. The van der Waals surface area contributed by atoms with Crippen LogP contribution in [0.25, 0.3) is 0 Å². The molecule has 25 nitrogen and oxygen atoms in total. The first-order valence-corrected chi connectivity index (χ1v) is 23.3. The van der Waals surface area contributed by atoms with Crippen LogP contribution < -0.4 is 48.3 Å². The molecule has 1 aromatic rings. The van der Waals surface area contributed by atoms with Crippen molar-refractivity contribution in [3.8, 4) is 5.75 Å². The number of nitrogens with two attached hydrogens (primary N) is 1. The first kappa shape index (κ1) is 62.1. The number of phenols is 1. The van der Waals surface area contributed by atoms with E-state index in [-0.39, 0.29) is 50.3 Å². The van der Waals surface area contributed by atoms with E-state index in [0.29, 0.717) is 5.56 Å². The molecule has 0 aliphatic heterocycles. The second-order valence-corrected chi connectivity index (χ2v) is 18.6. The number of aliphatic hydroxyl groups is 1. The quantitative estimate of drug-likeness (QED) is 0.0343. The Morgan fingerprint density at radius 1 is 0.577 bits per heavy atom. The molecule has 1 aromatic carbocycles. The Balaban J connectivity index is 3.56. The summed E-state index contributed by atoms with van der Waals surface area (Å²) in [6, 6.07) is -2.85. The van der Waals surface area contributed by atoms with Crippen LogP contribution >= 0.6 is 0 Å². The molecule has 0 heterocycles. The third kappa shape index (κ3) is 25.0. The van der Waals surface area contributed by atoms with Crippen LogP contribution in [0.1, 0.15) is 105 Å². The van der Waals surface area contributed by atoms with Crippen LogP contribution in [-0.4, -0.2) is 152 Å². The lowest BCUT2D eigenvalue weighted by atomic mass is 9.98. The summed E-state index contributed by atoms with van der Waals surface area (Å²) in [6.45, 7) is 9.99. The lowest BCUT2D eigenvalue weighted by Gasteiger charge is -2.28. The molecule has 7 atom stereocenters. The molecule has 398 valence electrons. The number of carbonyl (C=O) groups is 11. The number of benzene rings is 1. The minimum absolute atomic E-state index is 0.0188. The number of carboxylic acid groups (broad SMARTS) is 3. The van der Waals surface area contributed by atoms with Crippen molar-refractivity contribution in [1.82, 2.24) is 42.5 Å². The minimum Gasteiger partial charge on any atom is -0.508 e. The Labute approximate surface area is 412 Å². The van der Waals surface area contributed by atoms with Gasteiger partial charge in [-0.15, -0.1) is 0 Å². The van der Waals surface area contributed by atoms with Gasteiger partial charge >= 0.3 is 17.9 Å². The highest BCUT2D eigenvalue weighted by molar-refractivity contribution is 5.97. The number of phenolic OH excluding ortho intramolecular Hbond substituents is 1. The summed E-state index contributed by atoms with van der Waals surface area (Å²) in [5.41, 5.74) is 4.00. The molecule has 0 aliphatic rings. The van der Waals surface area contributed by atoms with Gasteiger partial charge in [0.15, 0.2) is 0 Å². The molecule has 0 saturated heterocycles. The van der Waals surface area contributed by atoms with Crippen molar-refractivity contribution >= 4 is 65.2 Å². The van der Waals surface area contributed by atoms with Crippen molar-refractivity contribution in [3.05, 3.63) is 29.8 Å². The SMILES string of the molecule is CC(C)C[C@H](NC(=O)[C@@H](NC(=O)CN)C(C)C)C(=O)N[C@@H](CCCCNC(=O)CC(C)(O)CC(=O)O)C(=O)N[C@@H](CCC(=O)O)C(=O)N[C@@H](Cc1ccc(O)cc1)C(=O)NCC(=O)N[C@H](C(=O)O)C(C)C. The Hall–Kier alpha value is -6.89. The number of nitrogens with one attached hydrogen (secondary N) is 8. The highest BCUT2D eigenvalue weighted by Crippen LogP contribution is 2.16. The van der Waals surface area contributed by atoms with Crippen molar-refractivity contribution in [1.29, 1.82) is 0 Å². The summed E-state index contributed by atoms with van der Waals surface area (Å²) in [5.74, 6) is -12.0. The molecule has 15 N–H and O–H groups in total. The van der Waals surface area contributed by atoms with E-state index in [1.54, 1.807) is 41.5 Å². The Bertz CT molecular complexity index is 2010. The maximum absolute atomic E-state index is 14.2. The van der Waals surface area contributed by atoms with Gasteiger partial charge in [-0.3, -0.25) is 47.9 Å². The standard InChI is InChI=1S/C46H73N9O16/c1-24(2)18-31(53-44(68)38(25(3)4)54-34(58)22-47)43(67)50-29(10-8-9-17-48-33(57)20-46(7,71)21-37(62)63)41(65)51-30(15-16-36(60)61)42(66)52-32(19-27-11-13-28(56)14-12-27)40(64)49-23-35(59)55-39(26(5)6)45(69)70/h11-14,24-26,29-32,38-39,56,71H,8-10,15-23,47H2,1-7H3,(H,48,57)(H,49,64)(H,50,67)(H,51,65)(H,52,66)(H,53,68)(H,54,58)(H,55,59)(H,60,61)(H,62,63)(H,69,70)/t29-,30-,31-,32-,38-,39-,46?/m0/s1. The van der Waals surface area contributed by atoms with Gasteiger partial charge in [0.2, 0.25) is 47.3 Å². The average molecular weight is 1010 g/mol. The smallest absolute Gasteiger partial charge is 0.326 e. The van der Waals surface area contributed by atoms with Crippen LogP contribution in [0, 0.1) is 17.8 Å². The summed E-state index contributed by atoms with van der Waals surface area (Å²) in [4.78, 5) is 141. The molecule has 0 spiro atoms. The molecule has 1 unspecified atom stereocenters. The highest BCUT2D eigenvalue weighted by atomic mass is 16.4. The lowest BCUT2D eigenvalue weighted by Crippen LogP contribution is -2.60. The molecule has 0 fully saturated rings. The number of aromatic hydroxyl groups is 1. The van der Waals surface area contributed by atoms with Gasteiger partial charge in [-0.2, -0.15) is 0 Å². The molecule has 0 bridgehead atoms. The van der Waals surface area contributed by atoms with Gasteiger partial charge in [-0.05, 0) is 74.5 Å². The van der Waals surface area contributed by atoms with Crippen LogP contribution in [0.15, 0.2) is 24.3 Å². The Kier molecular flexibility index (Phi) is 26.8.